The first-order valence-electron chi connectivity index (χ1n) is 9.27. The first-order chi connectivity index (χ1) is 13.1. The van der Waals surface area contributed by atoms with Gasteiger partial charge in [0.25, 0.3) is 0 Å². The molecule has 0 aromatic heterocycles. The molecule has 0 bridgehead atoms. The van der Waals surface area contributed by atoms with Crippen LogP contribution in [-0.4, -0.2) is 44.2 Å². The molecule has 2 atom stereocenters. The van der Waals surface area contributed by atoms with Gasteiger partial charge in [-0.15, -0.1) is 0 Å². The van der Waals surface area contributed by atoms with Gasteiger partial charge in [-0.1, -0.05) is 6.07 Å². The number of ether oxygens (including phenoxy) is 4. The number of phenolic OH excluding ortho intramolecular Hbond substituents is 1. The lowest BCUT2D eigenvalue weighted by molar-refractivity contribution is -0.956. The van der Waals surface area contributed by atoms with E-state index >= 15 is 0 Å². The van der Waals surface area contributed by atoms with Crippen molar-refractivity contribution in [3.8, 4) is 28.7 Å². The average molecular weight is 370 g/mol. The maximum absolute atomic E-state index is 11.0. The number of fused-ring (bicyclic) bond motifs is 5. The molecule has 0 radical (unpaired) electrons. The number of quaternary nitrogens is 1. The molecule has 0 spiro atoms. The molecule has 6 heteroatoms. The van der Waals surface area contributed by atoms with E-state index in [1.54, 1.807) is 14.2 Å². The van der Waals surface area contributed by atoms with Crippen molar-refractivity contribution in [1.29, 1.82) is 0 Å². The minimum atomic E-state index is 0.169. The minimum Gasteiger partial charge on any atom is -0.504 e. The fourth-order valence-electron chi connectivity index (χ4n) is 4.99. The molecule has 2 aromatic rings. The first kappa shape index (κ1) is 16.6. The molecular formula is C21H24NO5+. The summed E-state index contributed by atoms with van der Waals surface area (Å²) in [6, 6.07) is 6.31. The highest BCUT2D eigenvalue weighted by Gasteiger charge is 2.47. The Labute approximate surface area is 158 Å². The molecule has 3 aliphatic rings. The van der Waals surface area contributed by atoms with Crippen molar-refractivity contribution in [2.75, 3.05) is 34.6 Å². The van der Waals surface area contributed by atoms with Gasteiger partial charge in [-0.3, -0.25) is 0 Å². The largest absolute Gasteiger partial charge is 0.504 e. The van der Waals surface area contributed by atoms with Crippen LogP contribution in [0, 0.1) is 0 Å². The second-order valence-corrected chi connectivity index (χ2v) is 7.80. The van der Waals surface area contributed by atoms with Crippen LogP contribution in [-0.2, 0) is 19.4 Å². The van der Waals surface area contributed by atoms with Crippen LogP contribution in [0.15, 0.2) is 18.2 Å². The van der Waals surface area contributed by atoms with E-state index in [0.717, 1.165) is 47.5 Å². The van der Waals surface area contributed by atoms with E-state index in [4.69, 9.17) is 18.9 Å². The number of nitrogens with zero attached hydrogens (tertiary/aromatic N) is 1. The van der Waals surface area contributed by atoms with Crippen LogP contribution in [0.5, 0.6) is 28.7 Å². The number of benzene rings is 2. The van der Waals surface area contributed by atoms with Crippen molar-refractivity contribution in [3.05, 3.63) is 40.5 Å². The molecule has 0 aliphatic carbocycles. The third kappa shape index (κ3) is 2.22. The molecule has 0 amide bonds. The topological polar surface area (TPSA) is 57.2 Å². The number of aromatic hydroxyl groups is 1. The number of hydrogen-bond acceptors (Lipinski definition) is 5. The molecule has 0 fully saturated rings. The molecule has 2 aromatic carbocycles. The van der Waals surface area contributed by atoms with Crippen molar-refractivity contribution >= 4 is 0 Å². The minimum absolute atomic E-state index is 0.169. The van der Waals surface area contributed by atoms with Crippen LogP contribution in [0.4, 0.5) is 0 Å². The summed E-state index contributed by atoms with van der Waals surface area (Å²) in [4.78, 5) is 0. The summed E-state index contributed by atoms with van der Waals surface area (Å²) < 4.78 is 23.0. The van der Waals surface area contributed by atoms with Crippen LogP contribution in [0.3, 0.4) is 0 Å². The summed E-state index contributed by atoms with van der Waals surface area (Å²) >= 11 is 0. The Morgan fingerprint density at radius 2 is 2.00 bits per heavy atom. The maximum atomic E-state index is 11.0. The number of methoxy groups -OCH3 is 2. The Hall–Kier alpha value is -2.60. The molecular weight excluding hydrogens is 346 g/mol. The Kier molecular flexibility index (Phi) is 3.49. The third-order valence-corrected chi connectivity index (χ3v) is 6.42. The molecule has 3 heterocycles. The molecule has 2 unspecified atom stereocenters. The molecule has 27 heavy (non-hydrogen) atoms. The van der Waals surface area contributed by atoms with Gasteiger partial charge in [0, 0.05) is 12.8 Å². The summed E-state index contributed by atoms with van der Waals surface area (Å²) in [5.74, 6) is 2.99. The normalized spacial score (nSPS) is 24.6. The van der Waals surface area contributed by atoms with Gasteiger partial charge in [0.1, 0.15) is 12.6 Å². The highest BCUT2D eigenvalue weighted by atomic mass is 16.7. The van der Waals surface area contributed by atoms with Crippen LogP contribution >= 0.6 is 0 Å². The molecule has 142 valence electrons. The fourth-order valence-corrected chi connectivity index (χ4v) is 4.99. The number of likely N-dealkylation sites (N-methyl/N-ethyl adjacent to an activating group) is 1. The van der Waals surface area contributed by atoms with Gasteiger partial charge in [0.05, 0.1) is 38.9 Å². The van der Waals surface area contributed by atoms with E-state index in [0.29, 0.717) is 11.5 Å². The van der Waals surface area contributed by atoms with Gasteiger partial charge in [-0.05, 0) is 23.3 Å². The van der Waals surface area contributed by atoms with Crippen molar-refractivity contribution in [2.24, 2.45) is 0 Å². The van der Waals surface area contributed by atoms with Crippen LogP contribution in [0.2, 0.25) is 0 Å². The standard InChI is InChI=1S/C21H23NO5/c1-22-7-6-13-9-17-21(27-11-26-17)19(23)18(13)15(22)8-12-4-5-16(24-2)20(25-3)14(12)10-22/h4-5,9,15H,6-8,10-11H2,1-3H3/p+1. The number of hydrogen-bond donors (Lipinski definition) is 1. The Morgan fingerprint density at radius 1 is 1.15 bits per heavy atom. The van der Waals surface area contributed by atoms with Crippen molar-refractivity contribution in [3.63, 3.8) is 0 Å². The van der Waals surface area contributed by atoms with E-state index in [1.807, 2.05) is 12.1 Å². The van der Waals surface area contributed by atoms with Gasteiger partial charge in [0.15, 0.2) is 23.0 Å². The SMILES string of the molecule is COc1ccc2c(c1OC)C[N+]1(C)CCc3cc4c(c(O)c3C1C2)OCO4. The third-order valence-electron chi connectivity index (χ3n) is 6.42. The van der Waals surface area contributed by atoms with Crippen LogP contribution < -0.4 is 18.9 Å². The number of rotatable bonds is 2. The zero-order valence-corrected chi connectivity index (χ0v) is 15.9. The molecule has 3 aliphatic heterocycles. The number of phenols is 1. The van der Waals surface area contributed by atoms with Gasteiger partial charge < -0.3 is 28.5 Å². The van der Waals surface area contributed by atoms with Gasteiger partial charge in [0.2, 0.25) is 12.5 Å². The average Bonchev–Trinajstić information content (AvgIpc) is 3.14. The second kappa shape index (κ2) is 5.70. The molecule has 1 N–H and O–H groups in total. The fraction of sp³-hybridized carbons (Fsp3) is 0.429. The Morgan fingerprint density at radius 3 is 2.78 bits per heavy atom. The summed E-state index contributed by atoms with van der Waals surface area (Å²) in [5, 5.41) is 11.0. The van der Waals surface area contributed by atoms with E-state index in [2.05, 4.69) is 13.1 Å². The van der Waals surface area contributed by atoms with Crippen molar-refractivity contribution < 1.29 is 28.5 Å². The van der Waals surface area contributed by atoms with E-state index in [-0.39, 0.29) is 18.6 Å². The smallest absolute Gasteiger partial charge is 0.231 e. The lowest BCUT2D eigenvalue weighted by atomic mass is 9.81. The summed E-state index contributed by atoms with van der Waals surface area (Å²) in [6.07, 6.45) is 1.74. The van der Waals surface area contributed by atoms with E-state index in [9.17, 15) is 5.11 Å². The van der Waals surface area contributed by atoms with E-state index in [1.165, 1.54) is 16.7 Å². The molecule has 6 nitrogen and oxygen atoms in total. The summed E-state index contributed by atoms with van der Waals surface area (Å²) in [7, 11) is 5.63. The highest BCUT2D eigenvalue weighted by molar-refractivity contribution is 5.61. The second-order valence-electron chi connectivity index (χ2n) is 7.80. The predicted molar refractivity (Wildman–Crippen MR) is 98.7 cm³/mol. The maximum Gasteiger partial charge on any atom is 0.231 e. The summed E-state index contributed by atoms with van der Waals surface area (Å²) in [6.45, 7) is 2.01. The van der Waals surface area contributed by atoms with Crippen molar-refractivity contribution in [1.82, 2.24) is 0 Å². The lowest BCUT2D eigenvalue weighted by Gasteiger charge is -2.49. The Balaban J connectivity index is 1.66. The molecule has 5 rings (SSSR count). The van der Waals surface area contributed by atoms with Gasteiger partial charge in [-0.2, -0.15) is 0 Å². The molecule has 0 saturated heterocycles. The van der Waals surface area contributed by atoms with E-state index < -0.39 is 0 Å². The first-order valence-corrected chi connectivity index (χ1v) is 9.27. The Bertz CT molecular complexity index is 941. The lowest BCUT2D eigenvalue weighted by Crippen LogP contribution is -2.53. The van der Waals surface area contributed by atoms with Gasteiger partial charge in [-0.25, -0.2) is 0 Å². The zero-order chi connectivity index (χ0) is 18.8. The molecule has 0 saturated carbocycles. The highest BCUT2D eigenvalue weighted by Crippen LogP contribution is 2.54. The zero-order valence-electron chi connectivity index (χ0n) is 15.9. The predicted octanol–water partition coefficient (Wildman–Crippen LogP) is 2.94. The quantitative estimate of drug-likeness (QED) is 0.824. The summed E-state index contributed by atoms with van der Waals surface area (Å²) in [5.41, 5.74) is 4.63. The van der Waals surface area contributed by atoms with Crippen LogP contribution in [0.25, 0.3) is 0 Å². The van der Waals surface area contributed by atoms with Gasteiger partial charge >= 0.3 is 0 Å². The monoisotopic (exact) mass is 370 g/mol. The van der Waals surface area contributed by atoms with Crippen molar-refractivity contribution in [2.45, 2.75) is 25.4 Å². The van der Waals surface area contributed by atoms with Crippen LogP contribution in [0.1, 0.15) is 28.3 Å².